The predicted molar refractivity (Wildman–Crippen MR) is 62.0 cm³/mol. The summed E-state index contributed by atoms with van der Waals surface area (Å²) in [6, 6.07) is 0. The van der Waals surface area contributed by atoms with E-state index in [0.717, 1.165) is 29.6 Å². The number of aromatic nitrogens is 1. The third kappa shape index (κ3) is 4.24. The number of thioether (sulfide) groups is 1. The number of hydrogen-bond acceptors (Lipinski definition) is 5. The quantitative estimate of drug-likeness (QED) is 0.719. The summed E-state index contributed by atoms with van der Waals surface area (Å²) in [6.45, 7) is 5.91. The number of hydrogen-bond donors (Lipinski definition) is 1. The first-order chi connectivity index (χ1) is 7.25. The van der Waals surface area contributed by atoms with Crippen molar-refractivity contribution in [3.63, 3.8) is 0 Å². The molecule has 1 rings (SSSR count). The van der Waals surface area contributed by atoms with Crippen molar-refractivity contribution in [3.05, 3.63) is 17.0 Å². The van der Waals surface area contributed by atoms with Gasteiger partial charge in [-0.3, -0.25) is 0 Å². The minimum absolute atomic E-state index is 0.592. The van der Waals surface area contributed by atoms with Crippen molar-refractivity contribution in [2.75, 3.05) is 25.5 Å². The van der Waals surface area contributed by atoms with Crippen LogP contribution in [0.5, 0.6) is 0 Å². The highest BCUT2D eigenvalue weighted by atomic mass is 32.2. The molecule has 0 bridgehead atoms. The molecule has 0 radical (unpaired) electrons. The molecule has 0 aliphatic heterocycles. The number of nitrogens with two attached hydrogens (primary N) is 1. The van der Waals surface area contributed by atoms with Crippen molar-refractivity contribution in [2.24, 2.45) is 5.73 Å². The summed E-state index contributed by atoms with van der Waals surface area (Å²) in [5, 5.41) is 3.91. The number of nitrogens with zero attached hydrogens (tertiary/aromatic N) is 1. The fraction of sp³-hybridized carbons (Fsp3) is 0.700. The molecule has 86 valence electrons. The van der Waals surface area contributed by atoms with Crippen LogP contribution in [-0.4, -0.2) is 30.7 Å². The van der Waals surface area contributed by atoms with Crippen LogP contribution in [0.1, 0.15) is 17.0 Å². The molecule has 5 heteroatoms. The summed E-state index contributed by atoms with van der Waals surface area (Å²) in [7, 11) is 0. The Morgan fingerprint density at radius 1 is 1.40 bits per heavy atom. The van der Waals surface area contributed by atoms with Gasteiger partial charge in [-0.25, -0.2) is 0 Å². The molecule has 0 aromatic carbocycles. The highest BCUT2D eigenvalue weighted by molar-refractivity contribution is 7.98. The van der Waals surface area contributed by atoms with Gasteiger partial charge in [0.15, 0.2) is 0 Å². The summed E-state index contributed by atoms with van der Waals surface area (Å²) in [5.74, 6) is 2.83. The topological polar surface area (TPSA) is 61.3 Å². The molecule has 1 heterocycles. The van der Waals surface area contributed by atoms with Crippen LogP contribution < -0.4 is 5.73 Å². The smallest absolute Gasteiger partial charge is 0.137 e. The van der Waals surface area contributed by atoms with E-state index >= 15 is 0 Å². The van der Waals surface area contributed by atoms with E-state index < -0.39 is 0 Å². The average molecular weight is 230 g/mol. The molecule has 0 fully saturated rings. The lowest BCUT2D eigenvalue weighted by molar-refractivity contribution is 0.158. The predicted octanol–water partition coefficient (Wildman–Crippen LogP) is 1.50. The van der Waals surface area contributed by atoms with Crippen LogP contribution in [0.3, 0.4) is 0 Å². The van der Waals surface area contributed by atoms with Crippen LogP contribution in [-0.2, 0) is 10.5 Å². The van der Waals surface area contributed by atoms with Crippen LogP contribution >= 0.6 is 11.8 Å². The summed E-state index contributed by atoms with van der Waals surface area (Å²) in [4.78, 5) is 0. The Labute approximate surface area is 94.5 Å². The first kappa shape index (κ1) is 12.5. The van der Waals surface area contributed by atoms with E-state index in [2.05, 4.69) is 5.16 Å². The molecule has 2 N–H and O–H groups in total. The first-order valence-electron chi connectivity index (χ1n) is 5.03. The Morgan fingerprint density at radius 2 is 2.20 bits per heavy atom. The van der Waals surface area contributed by atoms with Gasteiger partial charge >= 0.3 is 0 Å². The summed E-state index contributed by atoms with van der Waals surface area (Å²) in [6.07, 6.45) is 0. The van der Waals surface area contributed by atoms with Crippen LogP contribution in [0.2, 0.25) is 0 Å². The Hall–Kier alpha value is -0.520. The van der Waals surface area contributed by atoms with Crippen molar-refractivity contribution >= 4 is 11.8 Å². The minimum atomic E-state index is 0.592. The van der Waals surface area contributed by atoms with Gasteiger partial charge in [-0.05, 0) is 13.8 Å². The standard InChI is InChI=1S/C10H18N2O2S/c1-8-10(9(2)14-12-8)7-15-6-5-13-4-3-11/h3-7,11H2,1-2H3. The third-order valence-corrected chi connectivity index (χ3v) is 3.01. The first-order valence-corrected chi connectivity index (χ1v) is 6.18. The van der Waals surface area contributed by atoms with E-state index in [1.807, 2.05) is 25.6 Å². The van der Waals surface area contributed by atoms with Crippen LogP contribution in [0.4, 0.5) is 0 Å². The zero-order chi connectivity index (χ0) is 11.1. The van der Waals surface area contributed by atoms with Gasteiger partial charge in [-0.2, -0.15) is 11.8 Å². The molecule has 0 aliphatic rings. The molecule has 1 aromatic heterocycles. The third-order valence-electron chi connectivity index (χ3n) is 2.06. The fourth-order valence-electron chi connectivity index (χ4n) is 1.19. The molecule has 0 atom stereocenters. The zero-order valence-electron chi connectivity index (χ0n) is 9.28. The van der Waals surface area contributed by atoms with Gasteiger partial charge in [0.25, 0.3) is 0 Å². The largest absolute Gasteiger partial charge is 0.379 e. The molecule has 0 spiro atoms. The number of aryl methyl sites for hydroxylation is 2. The molecule has 15 heavy (non-hydrogen) atoms. The van der Waals surface area contributed by atoms with Gasteiger partial charge in [-0.15, -0.1) is 0 Å². The van der Waals surface area contributed by atoms with Crippen LogP contribution in [0.25, 0.3) is 0 Å². The maximum absolute atomic E-state index is 5.31. The number of rotatable bonds is 7. The summed E-state index contributed by atoms with van der Waals surface area (Å²) in [5.41, 5.74) is 7.50. The summed E-state index contributed by atoms with van der Waals surface area (Å²) >= 11 is 1.82. The maximum atomic E-state index is 5.31. The Morgan fingerprint density at radius 3 is 2.80 bits per heavy atom. The van der Waals surface area contributed by atoms with Crippen molar-refractivity contribution in [3.8, 4) is 0 Å². The molecular formula is C10H18N2O2S. The van der Waals surface area contributed by atoms with Crippen molar-refractivity contribution in [2.45, 2.75) is 19.6 Å². The molecule has 0 amide bonds. The second-order valence-electron chi connectivity index (χ2n) is 3.26. The van der Waals surface area contributed by atoms with Crippen molar-refractivity contribution in [1.29, 1.82) is 0 Å². The lowest BCUT2D eigenvalue weighted by Crippen LogP contribution is -2.09. The molecule has 1 aromatic rings. The second kappa shape index (κ2) is 6.87. The Kier molecular flexibility index (Phi) is 5.75. The van der Waals surface area contributed by atoms with Gasteiger partial charge < -0.3 is 15.0 Å². The van der Waals surface area contributed by atoms with Crippen LogP contribution in [0.15, 0.2) is 4.52 Å². The van der Waals surface area contributed by atoms with Crippen molar-refractivity contribution < 1.29 is 9.26 Å². The highest BCUT2D eigenvalue weighted by Gasteiger charge is 2.07. The maximum Gasteiger partial charge on any atom is 0.137 e. The zero-order valence-corrected chi connectivity index (χ0v) is 10.1. The number of ether oxygens (including phenoxy) is 1. The molecule has 0 aliphatic carbocycles. The normalized spacial score (nSPS) is 10.9. The monoisotopic (exact) mass is 230 g/mol. The lowest BCUT2D eigenvalue weighted by atomic mass is 10.2. The molecule has 0 unspecified atom stereocenters. The molecule has 4 nitrogen and oxygen atoms in total. The fourth-order valence-corrected chi connectivity index (χ4v) is 2.18. The van der Waals surface area contributed by atoms with E-state index in [-0.39, 0.29) is 0 Å². The van der Waals surface area contributed by atoms with Crippen LogP contribution in [0, 0.1) is 13.8 Å². The molecule has 0 saturated heterocycles. The molecular weight excluding hydrogens is 212 g/mol. The van der Waals surface area contributed by atoms with E-state index in [0.29, 0.717) is 13.2 Å². The van der Waals surface area contributed by atoms with Gasteiger partial charge in [0.1, 0.15) is 5.76 Å². The van der Waals surface area contributed by atoms with Gasteiger partial charge in [-0.1, -0.05) is 5.16 Å². The van der Waals surface area contributed by atoms with Crippen molar-refractivity contribution in [1.82, 2.24) is 5.16 Å². The van der Waals surface area contributed by atoms with Gasteiger partial charge in [0.05, 0.1) is 18.9 Å². The lowest BCUT2D eigenvalue weighted by Gasteiger charge is -2.02. The average Bonchev–Trinajstić information content (AvgIpc) is 2.54. The summed E-state index contributed by atoms with van der Waals surface area (Å²) < 4.78 is 10.4. The Balaban J connectivity index is 2.15. The second-order valence-corrected chi connectivity index (χ2v) is 4.36. The Bertz CT molecular complexity index is 269. The minimum Gasteiger partial charge on any atom is -0.379 e. The van der Waals surface area contributed by atoms with E-state index in [9.17, 15) is 0 Å². The van der Waals surface area contributed by atoms with E-state index in [1.54, 1.807) is 0 Å². The van der Waals surface area contributed by atoms with E-state index in [1.165, 1.54) is 5.56 Å². The van der Waals surface area contributed by atoms with E-state index in [4.69, 9.17) is 15.0 Å². The van der Waals surface area contributed by atoms with Gasteiger partial charge in [0.2, 0.25) is 0 Å². The molecule has 0 saturated carbocycles. The highest BCUT2D eigenvalue weighted by Crippen LogP contribution is 2.18. The van der Waals surface area contributed by atoms with Gasteiger partial charge in [0, 0.05) is 23.6 Å². The SMILES string of the molecule is Cc1noc(C)c1CSCCOCCN.